The minimum Gasteiger partial charge on any atom is -0.469 e. The molecule has 0 aliphatic carbocycles. The number of ether oxygens (including phenoxy) is 3. The Labute approximate surface area is 143 Å². The molecular formula is C19H38O4. The largest absolute Gasteiger partial charge is 0.469 e. The van der Waals surface area contributed by atoms with Gasteiger partial charge in [0.1, 0.15) is 0 Å². The SMILES string of the molecule is CCCCCCC(OC)C(CCCCCCCC(=O)OC)OC. The lowest BCUT2D eigenvalue weighted by Crippen LogP contribution is -2.30. The molecule has 0 saturated heterocycles. The summed E-state index contributed by atoms with van der Waals surface area (Å²) in [5.41, 5.74) is 0. The number of hydrogen-bond donors (Lipinski definition) is 0. The zero-order chi connectivity index (χ0) is 17.3. The van der Waals surface area contributed by atoms with Gasteiger partial charge in [-0.3, -0.25) is 4.79 Å². The van der Waals surface area contributed by atoms with Gasteiger partial charge in [0.15, 0.2) is 0 Å². The quantitative estimate of drug-likeness (QED) is 0.298. The van der Waals surface area contributed by atoms with Gasteiger partial charge in [-0.25, -0.2) is 0 Å². The van der Waals surface area contributed by atoms with Crippen LogP contribution >= 0.6 is 0 Å². The first-order chi connectivity index (χ1) is 11.2. The van der Waals surface area contributed by atoms with Crippen molar-refractivity contribution in [1.82, 2.24) is 0 Å². The predicted molar refractivity (Wildman–Crippen MR) is 94.7 cm³/mol. The van der Waals surface area contributed by atoms with E-state index in [0.717, 1.165) is 32.1 Å². The highest BCUT2D eigenvalue weighted by molar-refractivity contribution is 5.68. The minimum absolute atomic E-state index is 0.101. The average molecular weight is 331 g/mol. The summed E-state index contributed by atoms with van der Waals surface area (Å²) in [5.74, 6) is -0.101. The first-order valence-electron chi connectivity index (χ1n) is 9.31. The highest BCUT2D eigenvalue weighted by Crippen LogP contribution is 2.18. The highest BCUT2D eigenvalue weighted by Gasteiger charge is 2.20. The molecule has 0 aromatic carbocycles. The maximum absolute atomic E-state index is 11.0. The van der Waals surface area contributed by atoms with Gasteiger partial charge in [-0.2, -0.15) is 0 Å². The molecule has 0 radical (unpaired) electrons. The first-order valence-corrected chi connectivity index (χ1v) is 9.31. The Balaban J connectivity index is 3.74. The number of esters is 1. The van der Waals surface area contributed by atoms with Gasteiger partial charge in [-0.15, -0.1) is 0 Å². The van der Waals surface area contributed by atoms with Crippen molar-refractivity contribution in [2.75, 3.05) is 21.3 Å². The van der Waals surface area contributed by atoms with E-state index in [0.29, 0.717) is 6.42 Å². The van der Waals surface area contributed by atoms with E-state index in [1.54, 1.807) is 14.2 Å². The van der Waals surface area contributed by atoms with Crippen LogP contribution in [-0.2, 0) is 19.0 Å². The average Bonchev–Trinajstić information content (AvgIpc) is 2.58. The van der Waals surface area contributed by atoms with Gasteiger partial charge < -0.3 is 14.2 Å². The second-order valence-corrected chi connectivity index (χ2v) is 6.28. The summed E-state index contributed by atoms with van der Waals surface area (Å²) in [4.78, 5) is 11.0. The summed E-state index contributed by atoms with van der Waals surface area (Å²) in [6.45, 7) is 2.23. The highest BCUT2D eigenvalue weighted by atomic mass is 16.5. The standard InChI is InChI=1S/C19H38O4/c1-5-6-7-11-14-17(21-2)18(22-3)15-12-9-8-10-13-16-19(20)23-4/h17-18H,5-16H2,1-4H3. The fraction of sp³-hybridized carbons (Fsp3) is 0.947. The summed E-state index contributed by atoms with van der Waals surface area (Å²) >= 11 is 0. The minimum atomic E-state index is -0.101. The van der Waals surface area contributed by atoms with Crippen LogP contribution in [0.5, 0.6) is 0 Å². The Bertz CT molecular complexity index is 268. The first kappa shape index (κ1) is 22.4. The number of carbonyl (C=O) groups is 1. The Morgan fingerprint density at radius 2 is 1.22 bits per heavy atom. The second-order valence-electron chi connectivity index (χ2n) is 6.28. The molecule has 0 bridgehead atoms. The van der Waals surface area contributed by atoms with Crippen molar-refractivity contribution in [3.05, 3.63) is 0 Å². The third-order valence-corrected chi connectivity index (χ3v) is 4.46. The van der Waals surface area contributed by atoms with E-state index in [9.17, 15) is 4.79 Å². The summed E-state index contributed by atoms with van der Waals surface area (Å²) < 4.78 is 15.9. The van der Waals surface area contributed by atoms with Crippen LogP contribution in [0.4, 0.5) is 0 Å². The van der Waals surface area contributed by atoms with Gasteiger partial charge >= 0.3 is 5.97 Å². The fourth-order valence-electron chi connectivity index (χ4n) is 2.93. The molecule has 0 aromatic heterocycles. The topological polar surface area (TPSA) is 44.8 Å². The van der Waals surface area contributed by atoms with E-state index in [4.69, 9.17) is 9.47 Å². The van der Waals surface area contributed by atoms with Crippen molar-refractivity contribution in [2.45, 2.75) is 96.2 Å². The summed E-state index contributed by atoms with van der Waals surface area (Å²) in [7, 11) is 5.03. The maximum atomic E-state index is 11.0. The van der Waals surface area contributed by atoms with Crippen LogP contribution in [0.15, 0.2) is 0 Å². The van der Waals surface area contributed by atoms with E-state index in [-0.39, 0.29) is 18.2 Å². The van der Waals surface area contributed by atoms with Crippen molar-refractivity contribution < 1.29 is 19.0 Å². The van der Waals surface area contributed by atoms with Gasteiger partial charge in [0.2, 0.25) is 0 Å². The van der Waals surface area contributed by atoms with Crippen LogP contribution in [0.25, 0.3) is 0 Å². The molecule has 4 heteroatoms. The molecule has 2 unspecified atom stereocenters. The molecule has 0 N–H and O–H groups in total. The third kappa shape index (κ3) is 12.5. The van der Waals surface area contributed by atoms with Crippen LogP contribution in [0, 0.1) is 0 Å². The maximum Gasteiger partial charge on any atom is 0.305 e. The van der Waals surface area contributed by atoms with E-state index < -0.39 is 0 Å². The van der Waals surface area contributed by atoms with Crippen molar-refractivity contribution in [3.8, 4) is 0 Å². The lowest BCUT2D eigenvalue weighted by Gasteiger charge is -2.25. The monoisotopic (exact) mass is 330 g/mol. The molecular weight excluding hydrogens is 292 g/mol. The molecule has 23 heavy (non-hydrogen) atoms. The van der Waals surface area contributed by atoms with Gasteiger partial charge in [-0.1, -0.05) is 58.3 Å². The number of carbonyl (C=O) groups excluding carboxylic acids is 1. The number of rotatable bonds is 16. The smallest absolute Gasteiger partial charge is 0.305 e. The Kier molecular flexibility index (Phi) is 15.8. The van der Waals surface area contributed by atoms with Crippen LogP contribution < -0.4 is 0 Å². The molecule has 138 valence electrons. The molecule has 0 aromatic rings. The molecule has 4 nitrogen and oxygen atoms in total. The number of hydrogen-bond acceptors (Lipinski definition) is 4. The van der Waals surface area contributed by atoms with Gasteiger partial charge in [0.25, 0.3) is 0 Å². The molecule has 0 aliphatic heterocycles. The molecule has 0 fully saturated rings. The zero-order valence-corrected chi connectivity index (χ0v) is 15.8. The van der Waals surface area contributed by atoms with E-state index in [2.05, 4.69) is 11.7 Å². The summed E-state index contributed by atoms with van der Waals surface area (Å²) in [6.07, 6.45) is 13.7. The Morgan fingerprint density at radius 1 is 0.739 bits per heavy atom. The van der Waals surface area contributed by atoms with Crippen LogP contribution in [0.2, 0.25) is 0 Å². The lowest BCUT2D eigenvalue weighted by molar-refractivity contribution is -0.140. The van der Waals surface area contributed by atoms with Crippen molar-refractivity contribution in [1.29, 1.82) is 0 Å². The summed E-state index contributed by atoms with van der Waals surface area (Å²) in [5, 5.41) is 0. The Morgan fingerprint density at radius 3 is 1.70 bits per heavy atom. The number of methoxy groups -OCH3 is 3. The molecule has 0 aliphatic rings. The van der Waals surface area contributed by atoms with E-state index >= 15 is 0 Å². The summed E-state index contributed by atoms with van der Waals surface area (Å²) in [6, 6.07) is 0. The number of unbranched alkanes of at least 4 members (excludes halogenated alkanes) is 7. The zero-order valence-electron chi connectivity index (χ0n) is 15.8. The normalized spacial score (nSPS) is 13.7. The van der Waals surface area contributed by atoms with Gasteiger partial charge in [0.05, 0.1) is 19.3 Å². The van der Waals surface area contributed by atoms with Gasteiger partial charge in [-0.05, 0) is 19.3 Å². The molecule has 0 saturated carbocycles. The molecule has 0 rings (SSSR count). The Hall–Kier alpha value is -0.610. The van der Waals surface area contributed by atoms with Crippen molar-refractivity contribution in [3.63, 3.8) is 0 Å². The van der Waals surface area contributed by atoms with Crippen molar-refractivity contribution in [2.24, 2.45) is 0 Å². The van der Waals surface area contributed by atoms with E-state index in [1.165, 1.54) is 45.6 Å². The molecule has 0 amide bonds. The fourth-order valence-corrected chi connectivity index (χ4v) is 2.93. The van der Waals surface area contributed by atoms with Gasteiger partial charge in [0, 0.05) is 20.6 Å². The van der Waals surface area contributed by atoms with Crippen molar-refractivity contribution >= 4 is 5.97 Å². The predicted octanol–water partition coefficient (Wildman–Crippen LogP) is 4.89. The molecule has 2 atom stereocenters. The van der Waals surface area contributed by atoms with Crippen LogP contribution in [0.3, 0.4) is 0 Å². The molecule has 0 spiro atoms. The van der Waals surface area contributed by atoms with Crippen LogP contribution in [0.1, 0.15) is 84.0 Å². The third-order valence-electron chi connectivity index (χ3n) is 4.46. The second kappa shape index (κ2) is 16.3. The van der Waals surface area contributed by atoms with Crippen LogP contribution in [-0.4, -0.2) is 39.5 Å². The van der Waals surface area contributed by atoms with E-state index in [1.807, 2.05) is 0 Å². The molecule has 0 heterocycles. The lowest BCUT2D eigenvalue weighted by atomic mass is 9.99.